The quantitative estimate of drug-likeness (QED) is 0.0215. The molecular weight excluding hydrogens is 955 g/mol. The van der Waals surface area contributed by atoms with Crippen LogP contribution in [0.3, 0.4) is 0 Å². The average Bonchev–Trinajstić information content (AvgIpc) is 3.42. The van der Waals surface area contributed by atoms with Gasteiger partial charge in [-0.25, -0.2) is 0 Å². The van der Waals surface area contributed by atoms with Gasteiger partial charge in [-0.3, -0.25) is 4.79 Å². The predicted molar refractivity (Wildman–Crippen MR) is 316 cm³/mol. The van der Waals surface area contributed by atoms with E-state index in [9.17, 15) is 40.5 Å². The minimum Gasteiger partial charge on any atom is -0.394 e. The number of allylic oxidation sites excluding steroid dienone is 2. The summed E-state index contributed by atoms with van der Waals surface area (Å²) in [4.78, 5) is 13.2. The molecule has 0 aromatic rings. The highest BCUT2D eigenvalue weighted by atomic mass is 16.7. The first kappa shape index (κ1) is 72.9. The first-order chi connectivity index (χ1) is 37.2. The zero-order chi connectivity index (χ0) is 55.4. The van der Waals surface area contributed by atoms with E-state index in [1.54, 1.807) is 0 Å². The Hall–Kier alpha value is -1.15. The van der Waals surface area contributed by atoms with Crippen LogP contribution in [0.5, 0.6) is 0 Å². The Bertz CT molecular complexity index is 1240. The van der Waals surface area contributed by atoms with Gasteiger partial charge >= 0.3 is 0 Å². The highest BCUT2D eigenvalue weighted by molar-refractivity contribution is 5.80. The molecule has 11 heteroatoms. The van der Waals surface area contributed by atoms with Gasteiger partial charge in [0.25, 0.3) is 0 Å². The van der Waals surface area contributed by atoms with Crippen molar-refractivity contribution in [2.24, 2.45) is 0 Å². The van der Waals surface area contributed by atoms with Crippen LogP contribution in [0.1, 0.15) is 328 Å². The molecule has 0 aromatic carbocycles. The van der Waals surface area contributed by atoms with E-state index >= 15 is 0 Å². The minimum absolute atomic E-state index is 0.264. The van der Waals surface area contributed by atoms with E-state index in [1.807, 2.05) is 0 Å². The fraction of sp³-hybridized carbons (Fsp3) is 0.954. The third kappa shape index (κ3) is 41.8. The number of nitrogens with one attached hydrogen (secondary N) is 1. The van der Waals surface area contributed by atoms with Crippen molar-refractivity contribution in [2.75, 3.05) is 13.2 Å². The molecule has 0 bridgehead atoms. The van der Waals surface area contributed by atoms with Crippen molar-refractivity contribution in [3.63, 3.8) is 0 Å². The number of ether oxygens (including phenoxy) is 2. The van der Waals surface area contributed by atoms with Crippen molar-refractivity contribution in [1.29, 1.82) is 0 Å². The maximum Gasteiger partial charge on any atom is 0.249 e. The molecule has 0 radical (unpaired) electrons. The number of rotatable bonds is 58. The van der Waals surface area contributed by atoms with Crippen molar-refractivity contribution < 1.29 is 50.0 Å². The molecule has 76 heavy (non-hydrogen) atoms. The van der Waals surface area contributed by atoms with Crippen molar-refractivity contribution in [3.05, 3.63) is 12.2 Å². The number of aliphatic hydroxyl groups is 7. The summed E-state index contributed by atoms with van der Waals surface area (Å²) in [5.41, 5.74) is 0. The monoisotopic (exact) mass is 1080 g/mol. The molecule has 8 N–H and O–H groups in total. The molecule has 9 atom stereocenters. The third-order valence-electron chi connectivity index (χ3n) is 16.3. The molecule has 1 rings (SSSR count). The number of hydrogen-bond acceptors (Lipinski definition) is 10. The van der Waals surface area contributed by atoms with E-state index in [4.69, 9.17) is 9.47 Å². The van der Waals surface area contributed by atoms with E-state index < -0.39 is 74.2 Å². The van der Waals surface area contributed by atoms with Crippen molar-refractivity contribution in [3.8, 4) is 0 Å². The van der Waals surface area contributed by atoms with Crippen molar-refractivity contribution in [1.82, 2.24) is 5.32 Å². The van der Waals surface area contributed by atoms with Gasteiger partial charge in [-0.05, 0) is 38.5 Å². The smallest absolute Gasteiger partial charge is 0.249 e. The van der Waals surface area contributed by atoms with Crippen LogP contribution in [0.4, 0.5) is 0 Å². The Balaban J connectivity index is 2.21. The molecule has 0 spiro atoms. The Kier molecular flexibility index (Phi) is 52.2. The standard InChI is InChI=1S/C65H127NO10/c1-3-5-7-9-11-13-15-17-19-21-23-25-26-27-28-29-30-31-32-33-35-37-39-41-43-45-47-49-51-53-58(69)64(74)66-56(55-75-65-63(73)62(72)61(71)59(54-67)76-65)60(70)57(68)52-50-48-46-44-42-40-38-36-34-24-22-20-18-16-14-12-10-8-6-4-2/h27-28,56-63,65,67-73H,3-26,29-55H2,1-2H3,(H,66,74)/b28-27-. The van der Waals surface area contributed by atoms with Gasteiger partial charge in [0.15, 0.2) is 6.29 Å². The lowest BCUT2D eigenvalue weighted by Crippen LogP contribution is -2.60. The lowest BCUT2D eigenvalue weighted by atomic mass is 9.98. The molecular formula is C65H127NO10. The number of carbonyl (C=O) groups excluding carboxylic acids is 1. The minimum atomic E-state index is -1.66. The predicted octanol–water partition coefficient (Wildman–Crippen LogP) is 15.1. The van der Waals surface area contributed by atoms with Gasteiger partial charge in [-0.2, -0.15) is 0 Å². The summed E-state index contributed by atoms with van der Waals surface area (Å²) in [5.74, 6) is -0.690. The Morgan fingerprint density at radius 1 is 0.447 bits per heavy atom. The number of unbranched alkanes of at least 4 members (excludes halogenated alkanes) is 44. The van der Waals surface area contributed by atoms with Gasteiger partial charge < -0.3 is 50.5 Å². The van der Waals surface area contributed by atoms with Gasteiger partial charge in [-0.15, -0.1) is 0 Å². The second-order valence-electron chi connectivity index (χ2n) is 23.5. The molecule has 9 unspecified atom stereocenters. The maximum absolute atomic E-state index is 13.2. The zero-order valence-corrected chi connectivity index (χ0v) is 49.8. The summed E-state index contributed by atoms with van der Waals surface area (Å²) in [6.45, 7) is 3.51. The molecule has 1 heterocycles. The molecule has 1 fully saturated rings. The van der Waals surface area contributed by atoms with Gasteiger partial charge in [-0.1, -0.05) is 302 Å². The van der Waals surface area contributed by atoms with Crippen LogP contribution in [0.25, 0.3) is 0 Å². The number of carbonyl (C=O) groups is 1. The number of amides is 1. The Morgan fingerprint density at radius 3 is 1.11 bits per heavy atom. The first-order valence-corrected chi connectivity index (χ1v) is 33.1. The molecule has 1 amide bonds. The van der Waals surface area contributed by atoms with E-state index in [2.05, 4.69) is 31.3 Å². The lowest BCUT2D eigenvalue weighted by molar-refractivity contribution is -0.303. The Labute approximate surface area is 468 Å². The summed E-state index contributed by atoms with van der Waals surface area (Å²) in [5, 5.41) is 76.4. The second kappa shape index (κ2) is 54.4. The molecule has 452 valence electrons. The molecule has 1 saturated heterocycles. The highest BCUT2D eigenvalue weighted by Gasteiger charge is 2.44. The summed E-state index contributed by atoms with van der Waals surface area (Å²) < 4.78 is 11.2. The van der Waals surface area contributed by atoms with Crippen LogP contribution in [0.2, 0.25) is 0 Å². The largest absolute Gasteiger partial charge is 0.394 e. The topological polar surface area (TPSA) is 189 Å². The fourth-order valence-corrected chi connectivity index (χ4v) is 11.0. The van der Waals surface area contributed by atoms with E-state index in [0.717, 1.165) is 38.5 Å². The van der Waals surface area contributed by atoms with Gasteiger partial charge in [0.2, 0.25) is 5.91 Å². The van der Waals surface area contributed by atoms with Gasteiger partial charge in [0, 0.05) is 0 Å². The van der Waals surface area contributed by atoms with E-state index in [-0.39, 0.29) is 6.42 Å². The third-order valence-corrected chi connectivity index (χ3v) is 16.3. The summed E-state index contributed by atoms with van der Waals surface area (Å²) in [7, 11) is 0. The lowest BCUT2D eigenvalue weighted by Gasteiger charge is -2.40. The van der Waals surface area contributed by atoms with Crippen molar-refractivity contribution >= 4 is 5.91 Å². The van der Waals surface area contributed by atoms with Crippen LogP contribution >= 0.6 is 0 Å². The molecule has 0 aliphatic carbocycles. The second-order valence-corrected chi connectivity index (χ2v) is 23.5. The van der Waals surface area contributed by atoms with Crippen LogP contribution in [-0.4, -0.2) is 110 Å². The fourth-order valence-electron chi connectivity index (χ4n) is 11.0. The van der Waals surface area contributed by atoms with Crippen LogP contribution < -0.4 is 5.32 Å². The van der Waals surface area contributed by atoms with Gasteiger partial charge in [0.1, 0.15) is 36.6 Å². The van der Waals surface area contributed by atoms with Crippen LogP contribution in [0.15, 0.2) is 12.2 Å². The summed E-state index contributed by atoms with van der Waals surface area (Å²) in [6, 6.07) is -1.17. The molecule has 1 aliphatic rings. The highest BCUT2D eigenvalue weighted by Crippen LogP contribution is 2.24. The SMILES string of the molecule is CCCCCCCCCCCCCC/C=C\CCCCCCCCCCCCCCCC(O)C(=O)NC(COC1OC(CO)C(O)C(O)C1O)C(O)C(O)CCCCCCCCCCCCCCCCCCCCCC. The average molecular weight is 1080 g/mol. The van der Waals surface area contributed by atoms with Gasteiger partial charge in [0.05, 0.1) is 25.4 Å². The molecule has 0 aromatic heterocycles. The molecule has 11 nitrogen and oxygen atoms in total. The molecule has 0 saturated carbocycles. The normalized spacial score (nSPS) is 19.6. The van der Waals surface area contributed by atoms with E-state index in [0.29, 0.717) is 19.3 Å². The Morgan fingerprint density at radius 2 is 0.763 bits per heavy atom. The summed E-state index contributed by atoms with van der Waals surface area (Å²) in [6.07, 6.45) is 54.2. The maximum atomic E-state index is 13.2. The van der Waals surface area contributed by atoms with E-state index in [1.165, 1.54) is 250 Å². The molecule has 1 aliphatic heterocycles. The summed E-state index contributed by atoms with van der Waals surface area (Å²) >= 11 is 0. The number of hydrogen-bond donors (Lipinski definition) is 8. The first-order valence-electron chi connectivity index (χ1n) is 33.1. The zero-order valence-electron chi connectivity index (χ0n) is 49.8. The number of aliphatic hydroxyl groups excluding tert-OH is 7. The van der Waals surface area contributed by atoms with Crippen LogP contribution in [-0.2, 0) is 14.3 Å². The van der Waals surface area contributed by atoms with Crippen LogP contribution in [0, 0.1) is 0 Å². The van der Waals surface area contributed by atoms with Crippen molar-refractivity contribution in [2.45, 2.75) is 384 Å².